The third kappa shape index (κ3) is 2.68. The molecule has 1 aromatic carbocycles. The van der Waals surface area contributed by atoms with Gasteiger partial charge in [-0.3, -0.25) is 0 Å². The lowest BCUT2D eigenvalue weighted by Gasteiger charge is -2.20. The molecule has 0 bridgehead atoms. The van der Waals surface area contributed by atoms with E-state index in [1.54, 1.807) is 0 Å². The molecule has 0 amide bonds. The maximum atomic E-state index is 11.9. The molecule has 0 aliphatic carbocycles. The van der Waals surface area contributed by atoms with Crippen LogP contribution in [-0.2, 0) is 16.4 Å². The maximum Gasteiger partial charge on any atom is 0.182 e. The van der Waals surface area contributed by atoms with Gasteiger partial charge in [0.15, 0.2) is 15.7 Å². The number of aromatic nitrogens is 1. The molecule has 0 fully saturated rings. The summed E-state index contributed by atoms with van der Waals surface area (Å²) in [6.07, 6.45) is 1.15. The van der Waals surface area contributed by atoms with Crippen molar-refractivity contribution in [1.29, 1.82) is 0 Å². The molecular weight excluding hydrogens is 310 g/mol. The molecule has 2 N–H and O–H groups in total. The molecule has 8 heteroatoms. The van der Waals surface area contributed by atoms with Gasteiger partial charge in [-0.05, 0) is 17.6 Å². The van der Waals surface area contributed by atoms with Crippen LogP contribution in [0.4, 0.5) is 10.8 Å². The third-order valence-electron chi connectivity index (χ3n) is 3.27. The van der Waals surface area contributed by atoms with Crippen LogP contribution in [0.2, 0.25) is 0 Å². The molecule has 1 aromatic heterocycles. The molecule has 1 aliphatic rings. The van der Waals surface area contributed by atoms with Gasteiger partial charge in [0.05, 0.1) is 6.54 Å². The predicted octanol–water partition coefficient (Wildman–Crippen LogP) is 1.53. The fourth-order valence-corrected chi connectivity index (χ4v) is 4.56. The minimum atomic E-state index is -3.42. The van der Waals surface area contributed by atoms with Gasteiger partial charge in [0.2, 0.25) is 0 Å². The van der Waals surface area contributed by atoms with Gasteiger partial charge in [-0.25, -0.2) is 8.42 Å². The summed E-state index contributed by atoms with van der Waals surface area (Å²) in [4.78, 5) is 2.07. The molecule has 0 saturated carbocycles. The maximum absolute atomic E-state index is 11.9. The van der Waals surface area contributed by atoms with Crippen LogP contribution in [0.15, 0.2) is 29.2 Å². The zero-order valence-corrected chi connectivity index (χ0v) is 13.1. The third-order valence-corrected chi connectivity index (χ3v) is 5.46. The van der Waals surface area contributed by atoms with Crippen molar-refractivity contribution >= 4 is 32.2 Å². The minimum absolute atomic E-state index is 0.0657. The lowest BCUT2D eigenvalue weighted by Crippen LogP contribution is -2.25. The summed E-state index contributed by atoms with van der Waals surface area (Å²) >= 11 is 1.11. The van der Waals surface area contributed by atoms with Crippen molar-refractivity contribution in [2.24, 2.45) is 0 Å². The van der Waals surface area contributed by atoms with Gasteiger partial charge in [-0.2, -0.15) is 4.37 Å². The van der Waals surface area contributed by atoms with Gasteiger partial charge >= 0.3 is 0 Å². The Labute approximate surface area is 127 Å². The molecule has 1 aliphatic heterocycles. The van der Waals surface area contributed by atoms with E-state index >= 15 is 0 Å². The predicted molar refractivity (Wildman–Crippen MR) is 82.6 cm³/mol. The molecular formula is C13H15N3O3S2. The number of ether oxygens (including phenoxy) is 1. The minimum Gasteiger partial charge on any atom is -0.491 e. The summed E-state index contributed by atoms with van der Waals surface area (Å²) in [5.74, 6) is 0.898. The fourth-order valence-electron chi connectivity index (χ4n) is 2.33. The number of hydrogen-bond acceptors (Lipinski definition) is 7. The van der Waals surface area contributed by atoms with Crippen LogP contribution in [0.25, 0.3) is 0 Å². The monoisotopic (exact) mass is 325 g/mol. The quantitative estimate of drug-likeness (QED) is 0.901. The van der Waals surface area contributed by atoms with Crippen molar-refractivity contribution in [2.45, 2.75) is 11.4 Å². The topological polar surface area (TPSA) is 85.5 Å². The molecule has 6 nitrogen and oxygen atoms in total. The highest BCUT2D eigenvalue weighted by Crippen LogP contribution is 2.36. The van der Waals surface area contributed by atoms with Crippen LogP contribution in [-0.4, -0.2) is 32.2 Å². The Balaban J connectivity index is 2.03. The van der Waals surface area contributed by atoms with E-state index < -0.39 is 9.84 Å². The van der Waals surface area contributed by atoms with Gasteiger partial charge in [-0.1, -0.05) is 18.2 Å². The number of sulfone groups is 1. The highest BCUT2D eigenvalue weighted by Gasteiger charge is 2.27. The van der Waals surface area contributed by atoms with E-state index in [0.717, 1.165) is 29.1 Å². The van der Waals surface area contributed by atoms with E-state index in [2.05, 4.69) is 4.37 Å². The number of benzene rings is 1. The number of hydrogen-bond donors (Lipinski definition) is 1. The Morgan fingerprint density at radius 1 is 1.38 bits per heavy atom. The van der Waals surface area contributed by atoms with Gasteiger partial charge in [0, 0.05) is 18.4 Å². The van der Waals surface area contributed by atoms with Crippen LogP contribution < -0.4 is 15.4 Å². The first-order valence-electron chi connectivity index (χ1n) is 6.37. The first kappa shape index (κ1) is 14.2. The smallest absolute Gasteiger partial charge is 0.182 e. The number of nitrogens with two attached hydrogens (primary N) is 1. The van der Waals surface area contributed by atoms with Gasteiger partial charge in [-0.15, -0.1) is 0 Å². The summed E-state index contributed by atoms with van der Waals surface area (Å²) in [7, 11) is -3.42. The number of rotatable bonds is 2. The Kier molecular flexibility index (Phi) is 3.50. The molecule has 2 heterocycles. The van der Waals surface area contributed by atoms with Crippen molar-refractivity contribution in [3.63, 3.8) is 0 Å². The van der Waals surface area contributed by atoms with Gasteiger partial charge in [0.25, 0.3) is 0 Å². The van der Waals surface area contributed by atoms with Crippen molar-refractivity contribution in [3.05, 3.63) is 29.8 Å². The summed E-state index contributed by atoms with van der Waals surface area (Å²) in [5.41, 5.74) is 6.75. The highest BCUT2D eigenvalue weighted by molar-refractivity contribution is 7.91. The van der Waals surface area contributed by atoms with Crippen molar-refractivity contribution < 1.29 is 13.2 Å². The Bertz CT molecular complexity index is 771. The number of anilines is 2. The highest BCUT2D eigenvalue weighted by atomic mass is 32.2. The van der Waals surface area contributed by atoms with Crippen LogP contribution >= 0.6 is 11.5 Å². The number of para-hydroxylation sites is 1. The average Bonchev–Trinajstić information content (AvgIpc) is 2.69. The lowest BCUT2D eigenvalue weighted by molar-refractivity contribution is 0.331. The normalized spacial score (nSPS) is 15.2. The summed E-state index contributed by atoms with van der Waals surface area (Å²) in [6, 6.07) is 7.74. The van der Waals surface area contributed by atoms with Gasteiger partial charge in [0.1, 0.15) is 22.3 Å². The van der Waals surface area contributed by atoms with Gasteiger partial charge < -0.3 is 15.4 Å². The van der Waals surface area contributed by atoms with E-state index in [0.29, 0.717) is 24.7 Å². The van der Waals surface area contributed by atoms with Crippen molar-refractivity contribution in [3.8, 4) is 5.75 Å². The van der Waals surface area contributed by atoms with Crippen molar-refractivity contribution in [1.82, 2.24) is 4.37 Å². The van der Waals surface area contributed by atoms with E-state index in [-0.39, 0.29) is 10.7 Å². The largest absolute Gasteiger partial charge is 0.491 e. The summed E-state index contributed by atoms with van der Waals surface area (Å²) < 4.78 is 33.6. The molecule has 0 saturated heterocycles. The zero-order chi connectivity index (χ0) is 15.0. The fraction of sp³-hybridized carbons (Fsp3) is 0.308. The average molecular weight is 325 g/mol. The number of fused-ring (bicyclic) bond motifs is 1. The van der Waals surface area contributed by atoms with E-state index in [4.69, 9.17) is 10.5 Å². The molecule has 0 unspecified atom stereocenters. The van der Waals surface area contributed by atoms with E-state index in [9.17, 15) is 8.42 Å². The molecule has 0 radical (unpaired) electrons. The molecule has 2 aromatic rings. The molecule has 0 spiro atoms. The lowest BCUT2D eigenvalue weighted by atomic mass is 10.2. The first-order chi connectivity index (χ1) is 9.97. The summed E-state index contributed by atoms with van der Waals surface area (Å²) in [5, 5.41) is 0.579. The Morgan fingerprint density at radius 2 is 2.14 bits per heavy atom. The SMILES string of the molecule is CS(=O)(=O)c1c(N)nsc1N1CCOc2ccccc2C1. The van der Waals surface area contributed by atoms with Crippen LogP contribution in [0.1, 0.15) is 5.56 Å². The number of nitrogen functional groups attached to an aromatic ring is 1. The Morgan fingerprint density at radius 3 is 2.90 bits per heavy atom. The van der Waals surface area contributed by atoms with E-state index in [1.807, 2.05) is 29.2 Å². The zero-order valence-electron chi connectivity index (χ0n) is 11.4. The summed E-state index contributed by atoms with van der Waals surface area (Å²) in [6.45, 7) is 1.64. The second-order valence-corrected chi connectivity index (χ2v) is 7.56. The van der Waals surface area contributed by atoms with Crippen LogP contribution in [0.5, 0.6) is 5.75 Å². The standard InChI is InChI=1S/C13H15N3O3S2/c1-21(17,18)11-12(14)15-20-13(11)16-6-7-19-10-5-3-2-4-9(10)8-16/h2-5H,6-8H2,1H3,(H2,14,15). The van der Waals surface area contributed by atoms with Crippen molar-refractivity contribution in [2.75, 3.05) is 30.0 Å². The molecule has 21 heavy (non-hydrogen) atoms. The number of nitrogens with zero attached hydrogens (tertiary/aromatic N) is 2. The molecule has 112 valence electrons. The van der Waals surface area contributed by atoms with E-state index in [1.165, 1.54) is 0 Å². The molecule has 0 atom stereocenters. The second kappa shape index (κ2) is 5.19. The second-order valence-electron chi connectivity index (χ2n) is 4.85. The first-order valence-corrected chi connectivity index (χ1v) is 9.04. The molecule has 3 rings (SSSR count). The Hall–Kier alpha value is -1.80. The van der Waals surface area contributed by atoms with Crippen LogP contribution in [0.3, 0.4) is 0 Å². The van der Waals surface area contributed by atoms with Crippen LogP contribution in [0, 0.1) is 0 Å².